The van der Waals surface area contributed by atoms with Crippen LogP contribution in [-0.2, 0) is 12.1 Å². The first kappa shape index (κ1) is 22.7. The molecule has 0 radical (unpaired) electrons. The molecule has 0 atom stereocenters. The van der Waals surface area contributed by atoms with E-state index in [1.165, 1.54) is 0 Å². The van der Waals surface area contributed by atoms with Gasteiger partial charge in [-0.15, -0.1) is 0 Å². The summed E-state index contributed by atoms with van der Waals surface area (Å²) >= 11 is 0. The number of nitrogens with zero attached hydrogens (tertiary/aromatic N) is 2. The van der Waals surface area contributed by atoms with Gasteiger partial charge in [0.15, 0.2) is 0 Å². The molecule has 180 valence electrons. The highest BCUT2D eigenvalue weighted by Gasteiger charge is 2.40. The lowest BCUT2D eigenvalue weighted by atomic mass is 9.72. The third-order valence-electron chi connectivity index (χ3n) is 6.34. The molecule has 0 bridgehead atoms. The maximum Gasteiger partial charge on any atom is 0.406 e. The van der Waals surface area contributed by atoms with Crippen LogP contribution in [0.2, 0.25) is 0 Å². The Hall–Kier alpha value is -4.08. The number of nitrogens with one attached hydrogen (secondary N) is 1. The van der Waals surface area contributed by atoms with E-state index in [-0.39, 0.29) is 11.1 Å². The van der Waals surface area contributed by atoms with E-state index in [0.717, 1.165) is 18.3 Å². The second-order valence-corrected chi connectivity index (χ2v) is 8.59. The van der Waals surface area contributed by atoms with Gasteiger partial charge in [0.05, 0.1) is 5.54 Å². The number of amides is 1. The minimum atomic E-state index is -4.59. The Labute approximate surface area is 196 Å². The predicted octanol–water partition coefficient (Wildman–Crippen LogP) is 5.53. The molecule has 1 saturated carbocycles. The zero-order chi connectivity index (χ0) is 24.8. The molecule has 0 saturated heterocycles. The van der Waals surface area contributed by atoms with Crippen molar-refractivity contribution in [2.24, 2.45) is 0 Å². The zero-order valence-electron chi connectivity index (χ0n) is 18.3. The molecular weight excluding hydrogens is 463 g/mol. The summed E-state index contributed by atoms with van der Waals surface area (Å²) in [6.45, 7) is -1.46. The quantitative estimate of drug-likeness (QED) is 0.389. The second-order valence-electron chi connectivity index (χ2n) is 8.59. The number of alkyl halides is 3. The Morgan fingerprint density at radius 2 is 1.77 bits per heavy atom. The fourth-order valence-corrected chi connectivity index (χ4v) is 4.58. The first-order chi connectivity index (χ1) is 16.7. The molecule has 1 aliphatic carbocycles. The topological polar surface area (TPSA) is 97.4 Å². The maximum absolute atomic E-state index is 13.1. The maximum atomic E-state index is 13.1. The van der Waals surface area contributed by atoms with Crippen molar-refractivity contribution < 1.29 is 27.5 Å². The molecule has 0 aliphatic heterocycles. The Kier molecular flexibility index (Phi) is 5.38. The highest BCUT2D eigenvalue weighted by molar-refractivity contribution is 5.99. The number of aromatic nitrogens is 2. The van der Waals surface area contributed by atoms with Gasteiger partial charge in [-0.1, -0.05) is 54.6 Å². The molecule has 2 N–H and O–H groups in total. The van der Waals surface area contributed by atoms with Gasteiger partial charge in [-0.25, -0.2) is 9.78 Å². The van der Waals surface area contributed by atoms with Gasteiger partial charge in [-0.2, -0.15) is 13.2 Å². The Balaban J connectivity index is 1.66. The van der Waals surface area contributed by atoms with E-state index >= 15 is 0 Å². The Morgan fingerprint density at radius 1 is 1.09 bits per heavy atom. The number of benzene rings is 2. The smallest absolute Gasteiger partial charge is 0.406 e. The van der Waals surface area contributed by atoms with Crippen molar-refractivity contribution in [2.45, 2.75) is 37.5 Å². The number of hydrogen-bond donors (Lipinski definition) is 2. The SMILES string of the molecule is O=C(O)NC1(c2ccc(-c3oc4ncn(CC(F)(F)F)c(=O)c4c3-c3ccccc3)cc2)CCC1. The first-order valence-corrected chi connectivity index (χ1v) is 10.9. The monoisotopic (exact) mass is 483 g/mol. The summed E-state index contributed by atoms with van der Waals surface area (Å²) in [6, 6.07) is 15.9. The summed E-state index contributed by atoms with van der Waals surface area (Å²) in [5.74, 6) is 0.293. The first-order valence-electron chi connectivity index (χ1n) is 10.9. The molecule has 2 aromatic carbocycles. The van der Waals surface area contributed by atoms with Gasteiger partial charge in [0, 0.05) is 11.1 Å². The molecule has 0 spiro atoms. The van der Waals surface area contributed by atoms with Crippen LogP contribution >= 0.6 is 0 Å². The molecule has 7 nitrogen and oxygen atoms in total. The van der Waals surface area contributed by atoms with Gasteiger partial charge in [-0.05, 0) is 30.4 Å². The van der Waals surface area contributed by atoms with Crippen molar-refractivity contribution in [1.29, 1.82) is 0 Å². The van der Waals surface area contributed by atoms with Crippen LogP contribution in [0.4, 0.5) is 18.0 Å². The number of hydrogen-bond acceptors (Lipinski definition) is 4. The molecule has 4 aromatic rings. The van der Waals surface area contributed by atoms with Crippen molar-refractivity contribution in [2.75, 3.05) is 0 Å². The van der Waals surface area contributed by atoms with Gasteiger partial charge in [-0.3, -0.25) is 9.36 Å². The summed E-state index contributed by atoms with van der Waals surface area (Å²) in [5.41, 5.74) is 0.774. The lowest BCUT2D eigenvalue weighted by molar-refractivity contribution is -0.141. The van der Waals surface area contributed by atoms with Crippen LogP contribution in [0.3, 0.4) is 0 Å². The Morgan fingerprint density at radius 3 is 2.34 bits per heavy atom. The van der Waals surface area contributed by atoms with Crippen LogP contribution in [0, 0.1) is 0 Å². The highest BCUT2D eigenvalue weighted by atomic mass is 19.4. The predicted molar refractivity (Wildman–Crippen MR) is 122 cm³/mol. The van der Waals surface area contributed by atoms with E-state index in [9.17, 15) is 27.9 Å². The van der Waals surface area contributed by atoms with Crippen LogP contribution in [0.25, 0.3) is 33.6 Å². The molecule has 35 heavy (non-hydrogen) atoms. The molecule has 1 amide bonds. The normalized spacial score (nSPS) is 15.1. The number of furan rings is 1. The van der Waals surface area contributed by atoms with Crippen LogP contribution in [0.1, 0.15) is 24.8 Å². The number of carbonyl (C=O) groups is 1. The second kappa shape index (κ2) is 8.30. The standard InChI is InChI=1S/C25H20F3N3O4/c26-25(27,28)13-31-14-29-21-19(22(31)32)18(15-5-2-1-3-6-15)20(35-21)16-7-9-17(10-8-16)24(11-4-12-24)30-23(33)34/h1-3,5-10,14,30H,4,11-13H2,(H,33,34). The molecule has 5 rings (SSSR count). The van der Waals surface area contributed by atoms with E-state index < -0.39 is 29.9 Å². The van der Waals surface area contributed by atoms with Crippen molar-refractivity contribution in [3.8, 4) is 22.5 Å². The van der Waals surface area contributed by atoms with Crippen molar-refractivity contribution in [3.05, 3.63) is 76.8 Å². The van der Waals surface area contributed by atoms with Gasteiger partial charge in [0.2, 0.25) is 5.71 Å². The van der Waals surface area contributed by atoms with E-state index in [1.807, 2.05) is 0 Å². The van der Waals surface area contributed by atoms with E-state index in [4.69, 9.17) is 4.42 Å². The van der Waals surface area contributed by atoms with Crippen LogP contribution in [0.15, 0.2) is 70.1 Å². The number of carboxylic acid groups (broad SMARTS) is 1. The fourth-order valence-electron chi connectivity index (χ4n) is 4.58. The van der Waals surface area contributed by atoms with Crippen LogP contribution < -0.4 is 10.9 Å². The Bertz CT molecular complexity index is 1450. The van der Waals surface area contributed by atoms with Gasteiger partial charge < -0.3 is 14.8 Å². The molecule has 10 heteroatoms. The highest BCUT2D eigenvalue weighted by Crippen LogP contribution is 2.43. The molecular formula is C25H20F3N3O4. The minimum Gasteiger partial charge on any atom is -0.465 e. The average Bonchev–Trinajstić information content (AvgIpc) is 3.18. The number of rotatable bonds is 5. The summed E-state index contributed by atoms with van der Waals surface area (Å²) < 4.78 is 45.5. The number of halogens is 3. The van der Waals surface area contributed by atoms with Crippen molar-refractivity contribution >= 4 is 17.2 Å². The summed E-state index contributed by atoms with van der Waals surface area (Å²) in [5, 5.41) is 11.8. The lowest BCUT2D eigenvalue weighted by Crippen LogP contribution is -2.50. The van der Waals surface area contributed by atoms with E-state index in [2.05, 4.69) is 10.3 Å². The average molecular weight is 483 g/mol. The molecule has 1 aliphatic rings. The largest absolute Gasteiger partial charge is 0.465 e. The summed E-state index contributed by atoms with van der Waals surface area (Å²) in [7, 11) is 0. The molecule has 0 unspecified atom stereocenters. The van der Waals surface area contributed by atoms with Crippen molar-refractivity contribution in [3.63, 3.8) is 0 Å². The van der Waals surface area contributed by atoms with E-state index in [0.29, 0.717) is 39.9 Å². The fraction of sp³-hybridized carbons (Fsp3) is 0.240. The van der Waals surface area contributed by atoms with Crippen LogP contribution in [0.5, 0.6) is 0 Å². The van der Waals surface area contributed by atoms with Gasteiger partial charge >= 0.3 is 12.3 Å². The van der Waals surface area contributed by atoms with Crippen molar-refractivity contribution in [1.82, 2.24) is 14.9 Å². The van der Waals surface area contributed by atoms with Gasteiger partial charge in [0.1, 0.15) is 24.0 Å². The van der Waals surface area contributed by atoms with E-state index in [1.54, 1.807) is 54.6 Å². The number of fused-ring (bicyclic) bond motifs is 1. The minimum absolute atomic E-state index is 0.0370. The molecule has 1 fully saturated rings. The molecule has 2 heterocycles. The zero-order valence-corrected chi connectivity index (χ0v) is 18.3. The van der Waals surface area contributed by atoms with Gasteiger partial charge in [0.25, 0.3) is 5.56 Å². The molecule has 2 aromatic heterocycles. The van der Waals surface area contributed by atoms with Crippen LogP contribution in [-0.4, -0.2) is 26.9 Å². The third-order valence-corrected chi connectivity index (χ3v) is 6.34. The lowest BCUT2D eigenvalue weighted by Gasteiger charge is -2.42. The summed E-state index contributed by atoms with van der Waals surface area (Å²) in [4.78, 5) is 28.4. The summed E-state index contributed by atoms with van der Waals surface area (Å²) in [6.07, 6.45) is -2.59. The third kappa shape index (κ3) is 4.16.